The van der Waals surface area contributed by atoms with E-state index >= 15 is 0 Å². The van der Waals surface area contributed by atoms with Crippen molar-refractivity contribution in [1.82, 2.24) is 9.97 Å². The second kappa shape index (κ2) is 15.7. The molecule has 0 bridgehead atoms. The Morgan fingerprint density at radius 3 is 1.13 bits per heavy atom. The zero-order valence-corrected chi connectivity index (χ0v) is 34.8. The van der Waals surface area contributed by atoms with Gasteiger partial charge in [0.25, 0.3) is 0 Å². The smallest absolute Gasteiger partial charge is 0.0894 e. The summed E-state index contributed by atoms with van der Waals surface area (Å²) >= 11 is 0. The molecule has 60 heavy (non-hydrogen) atoms. The van der Waals surface area contributed by atoms with Crippen molar-refractivity contribution in [3.8, 4) is 56.0 Å². The molecule has 0 spiro atoms. The van der Waals surface area contributed by atoms with Crippen molar-refractivity contribution in [3.63, 3.8) is 0 Å². The molecule has 10 aromatic rings. The number of fused-ring (bicyclic) bond motifs is 4. The van der Waals surface area contributed by atoms with Crippen LogP contribution in [0.15, 0.2) is 182 Å². The van der Waals surface area contributed by atoms with Gasteiger partial charge in [0.05, 0.1) is 17.1 Å². The van der Waals surface area contributed by atoms with Gasteiger partial charge in [-0.25, -0.2) is 4.98 Å². The van der Waals surface area contributed by atoms with Crippen LogP contribution >= 0.6 is 0 Å². The maximum Gasteiger partial charge on any atom is 0.0894 e. The van der Waals surface area contributed by atoms with Crippen LogP contribution in [0.25, 0.3) is 99.1 Å². The van der Waals surface area contributed by atoms with E-state index in [1.54, 1.807) is 0 Å². The highest BCUT2D eigenvalue weighted by Crippen LogP contribution is 2.43. The Morgan fingerprint density at radius 2 is 0.733 bits per heavy atom. The van der Waals surface area contributed by atoms with Crippen LogP contribution in [0.2, 0.25) is 0 Å². The lowest BCUT2D eigenvalue weighted by atomic mass is 9.85. The first-order chi connectivity index (χ1) is 29.4. The number of benzene rings is 8. The van der Waals surface area contributed by atoms with Crippen molar-refractivity contribution < 1.29 is 0 Å². The van der Waals surface area contributed by atoms with Gasteiger partial charge in [-0.05, 0) is 131 Å². The molecule has 0 unspecified atom stereocenters. The Morgan fingerprint density at radius 1 is 0.350 bits per heavy atom. The van der Waals surface area contributed by atoms with Gasteiger partial charge in [0.2, 0.25) is 0 Å². The van der Waals surface area contributed by atoms with Crippen LogP contribution in [0, 0.1) is 11.8 Å². The number of rotatable bonds is 9. The normalized spacial score (nSPS) is 11.8. The van der Waals surface area contributed by atoms with E-state index in [0.717, 1.165) is 46.6 Å². The van der Waals surface area contributed by atoms with Gasteiger partial charge in [-0.15, -0.1) is 0 Å². The lowest BCUT2D eigenvalue weighted by Crippen LogP contribution is -1.99. The zero-order chi connectivity index (χ0) is 40.7. The van der Waals surface area contributed by atoms with Gasteiger partial charge < -0.3 is 0 Å². The van der Waals surface area contributed by atoms with Crippen molar-refractivity contribution >= 4 is 43.1 Å². The average molecular weight is 773 g/mol. The van der Waals surface area contributed by atoms with Gasteiger partial charge in [-0.1, -0.05) is 179 Å². The van der Waals surface area contributed by atoms with Crippen LogP contribution in [0.3, 0.4) is 0 Å². The van der Waals surface area contributed by atoms with E-state index in [4.69, 9.17) is 4.98 Å². The van der Waals surface area contributed by atoms with Crippen molar-refractivity contribution in [3.05, 3.63) is 193 Å². The number of hydrogen-bond acceptors (Lipinski definition) is 2. The molecule has 2 nitrogen and oxygen atoms in total. The molecule has 2 aromatic heterocycles. The van der Waals surface area contributed by atoms with Crippen LogP contribution in [0.1, 0.15) is 38.8 Å². The van der Waals surface area contributed by atoms with Gasteiger partial charge in [0.15, 0.2) is 0 Å². The molecular weight excluding hydrogens is 725 g/mol. The summed E-state index contributed by atoms with van der Waals surface area (Å²) in [6.45, 7) is 9.25. The van der Waals surface area contributed by atoms with E-state index in [2.05, 4.69) is 190 Å². The fourth-order valence-corrected chi connectivity index (χ4v) is 9.50. The van der Waals surface area contributed by atoms with Gasteiger partial charge in [-0.3, -0.25) is 4.98 Å². The molecule has 0 atom stereocenters. The first kappa shape index (κ1) is 37.4. The molecular formula is C58H48N2. The van der Waals surface area contributed by atoms with Gasteiger partial charge in [0.1, 0.15) is 0 Å². The fourth-order valence-electron chi connectivity index (χ4n) is 9.50. The summed E-state index contributed by atoms with van der Waals surface area (Å²) in [6, 6.07) is 64.3. The lowest BCUT2D eigenvalue weighted by Gasteiger charge is -2.19. The molecule has 2 heterocycles. The molecule has 8 aromatic carbocycles. The Labute approximate surface area is 353 Å². The Kier molecular flexibility index (Phi) is 9.78. The topological polar surface area (TPSA) is 25.8 Å². The quantitative estimate of drug-likeness (QED) is 0.137. The minimum atomic E-state index is 0.558. The van der Waals surface area contributed by atoms with Crippen LogP contribution in [0.4, 0.5) is 0 Å². The van der Waals surface area contributed by atoms with Crippen molar-refractivity contribution in [2.45, 2.75) is 40.5 Å². The highest BCUT2D eigenvalue weighted by molar-refractivity contribution is 6.16. The maximum atomic E-state index is 5.36. The number of hydrogen-bond donors (Lipinski definition) is 0. The third-order valence-electron chi connectivity index (χ3n) is 12.1. The molecule has 0 saturated carbocycles. The summed E-state index contributed by atoms with van der Waals surface area (Å²) in [5.74, 6) is 1.12. The average Bonchev–Trinajstić information content (AvgIpc) is 3.29. The Hall–Kier alpha value is -6.90. The monoisotopic (exact) mass is 772 g/mol. The summed E-state index contributed by atoms with van der Waals surface area (Å²) < 4.78 is 0. The first-order valence-electron chi connectivity index (χ1n) is 21.4. The lowest BCUT2D eigenvalue weighted by molar-refractivity contribution is 0.653. The summed E-state index contributed by atoms with van der Waals surface area (Å²) in [7, 11) is 0. The van der Waals surface area contributed by atoms with Crippen LogP contribution in [0.5, 0.6) is 0 Å². The van der Waals surface area contributed by atoms with Gasteiger partial charge in [0, 0.05) is 17.3 Å². The van der Waals surface area contributed by atoms with Gasteiger partial charge in [-0.2, -0.15) is 0 Å². The molecule has 0 aliphatic rings. The van der Waals surface area contributed by atoms with Crippen molar-refractivity contribution in [2.75, 3.05) is 0 Å². The minimum absolute atomic E-state index is 0.558. The van der Waals surface area contributed by atoms with Crippen molar-refractivity contribution in [1.29, 1.82) is 0 Å². The van der Waals surface area contributed by atoms with Crippen molar-refractivity contribution in [2.24, 2.45) is 11.8 Å². The molecule has 10 rings (SSSR count). The van der Waals surface area contributed by atoms with Gasteiger partial charge >= 0.3 is 0 Å². The molecule has 290 valence electrons. The molecule has 2 heteroatoms. The molecule has 0 aliphatic carbocycles. The minimum Gasteiger partial charge on any atom is -0.255 e. The largest absolute Gasteiger partial charge is 0.255 e. The SMILES string of the molecule is CC(C)Cc1c2ccccc2c(-c2ccc(-c3ccc(-c4ccccn4)nc3-c3ccc(-c4c5ccccc5c(CC(C)C)c5ccccc45)cc3)cc2)c2ccccc12. The molecule has 0 fully saturated rings. The van der Waals surface area contributed by atoms with E-state index in [0.29, 0.717) is 11.8 Å². The summed E-state index contributed by atoms with van der Waals surface area (Å²) in [5, 5.41) is 10.6. The molecule has 0 N–H and O–H groups in total. The molecule has 0 radical (unpaired) electrons. The predicted molar refractivity (Wildman–Crippen MR) is 256 cm³/mol. The number of nitrogens with zero attached hydrogens (tertiary/aromatic N) is 2. The van der Waals surface area contributed by atoms with E-state index in [1.807, 2.05) is 24.4 Å². The van der Waals surface area contributed by atoms with E-state index in [9.17, 15) is 0 Å². The summed E-state index contributed by atoms with van der Waals surface area (Å²) in [5.41, 5.74) is 13.8. The number of aromatic nitrogens is 2. The third kappa shape index (κ3) is 6.73. The molecule has 0 saturated heterocycles. The second-order valence-electron chi connectivity index (χ2n) is 17.0. The van der Waals surface area contributed by atoms with E-state index in [1.165, 1.54) is 76.5 Å². The zero-order valence-electron chi connectivity index (χ0n) is 34.8. The van der Waals surface area contributed by atoms with E-state index < -0.39 is 0 Å². The van der Waals surface area contributed by atoms with Crippen LogP contribution in [-0.4, -0.2) is 9.97 Å². The maximum absolute atomic E-state index is 5.36. The first-order valence-corrected chi connectivity index (χ1v) is 21.4. The second-order valence-corrected chi connectivity index (χ2v) is 17.0. The molecule has 0 aliphatic heterocycles. The standard InChI is InChI=1S/C58H48N2/c1-37(2)35-52-44-15-5-9-19-48(44)56(49-20-10-6-16-45(49)52)40-26-24-39(25-27-40)43-32-33-55(54-23-13-14-34-59-54)60-58(43)42-30-28-41(29-31-42)57-50-21-11-7-17-46(50)53(36-38(3)4)47-18-8-12-22-51(47)57/h5-34,37-38H,35-36H2,1-4H3. The highest BCUT2D eigenvalue weighted by atomic mass is 14.8. The fraction of sp³-hybridized carbons (Fsp3) is 0.138. The third-order valence-corrected chi connectivity index (χ3v) is 12.1. The Balaban J connectivity index is 1.10. The molecule has 0 amide bonds. The number of pyridine rings is 2. The van der Waals surface area contributed by atoms with Crippen LogP contribution in [-0.2, 0) is 12.8 Å². The van der Waals surface area contributed by atoms with E-state index in [-0.39, 0.29) is 0 Å². The predicted octanol–water partition coefficient (Wildman–Crippen LogP) is 15.8. The van der Waals surface area contributed by atoms with Crippen LogP contribution < -0.4 is 0 Å². The Bertz CT molecular complexity index is 3060. The summed E-state index contributed by atoms with van der Waals surface area (Å²) in [4.78, 5) is 10.0. The highest BCUT2D eigenvalue weighted by Gasteiger charge is 2.19. The summed E-state index contributed by atoms with van der Waals surface area (Å²) in [6.07, 6.45) is 3.92.